The van der Waals surface area contributed by atoms with Crippen LogP contribution in [0.5, 0.6) is 0 Å². The summed E-state index contributed by atoms with van der Waals surface area (Å²) in [6, 6.07) is 1.25. The molecule has 0 N–H and O–H groups in total. The van der Waals surface area contributed by atoms with Crippen LogP contribution in [-0.4, -0.2) is 18.3 Å². The molecule has 0 aliphatic rings. The number of hydrogen-bond acceptors (Lipinski definition) is 2. The van der Waals surface area contributed by atoms with E-state index in [0.717, 1.165) is 0 Å². The van der Waals surface area contributed by atoms with Crippen molar-refractivity contribution in [1.82, 2.24) is 0 Å². The Morgan fingerprint density at radius 3 is 1.73 bits per heavy atom. The molecule has 10 heteroatoms. The van der Waals surface area contributed by atoms with E-state index in [2.05, 4.69) is 27.2 Å². The van der Waals surface area contributed by atoms with Gasteiger partial charge < -0.3 is 4.74 Å². The third-order valence-electron chi connectivity index (χ3n) is 2.52. The number of alkyl halides is 6. The molecule has 0 fully saturated rings. The summed E-state index contributed by atoms with van der Waals surface area (Å²) in [7, 11) is 0. The van der Waals surface area contributed by atoms with E-state index in [1.54, 1.807) is 0 Å². The van der Waals surface area contributed by atoms with E-state index in [1.165, 1.54) is 0 Å². The van der Waals surface area contributed by atoms with Gasteiger partial charge in [-0.15, -0.1) is 0 Å². The highest BCUT2D eigenvalue weighted by molar-refractivity contribution is 9.12. The number of hydrogen-bond donors (Lipinski definition) is 0. The lowest BCUT2D eigenvalue weighted by molar-refractivity contribution is -0.376. The van der Waals surface area contributed by atoms with Crippen LogP contribution in [0.15, 0.2) is 35.3 Å². The zero-order valence-electron chi connectivity index (χ0n) is 10.4. The van der Waals surface area contributed by atoms with Gasteiger partial charge in [0.15, 0.2) is 0 Å². The van der Waals surface area contributed by atoms with Crippen molar-refractivity contribution in [3.05, 3.63) is 46.7 Å². The van der Waals surface area contributed by atoms with Crippen LogP contribution in [0, 0.1) is 5.82 Å². The van der Waals surface area contributed by atoms with Gasteiger partial charge in [0.2, 0.25) is 0 Å². The summed E-state index contributed by atoms with van der Waals surface area (Å²) in [5.41, 5.74) is -6.43. The number of ether oxygens (including phenoxy) is 1. The molecule has 1 aromatic carbocycles. The number of carbonyl (C=O) groups is 1. The number of esters is 1. The van der Waals surface area contributed by atoms with Crippen molar-refractivity contribution in [2.75, 3.05) is 0 Å². The van der Waals surface area contributed by atoms with E-state index >= 15 is 0 Å². The zero-order chi connectivity index (χ0) is 17.3. The number of carbonyl (C=O) groups excluding carboxylic acids is 1. The fourth-order valence-electron chi connectivity index (χ4n) is 1.54. The monoisotopic (exact) mass is 394 g/mol. The first-order valence-corrected chi connectivity index (χ1v) is 6.09. The van der Waals surface area contributed by atoms with Gasteiger partial charge in [-0.2, -0.15) is 26.3 Å². The first-order valence-electron chi connectivity index (χ1n) is 5.30. The van der Waals surface area contributed by atoms with Crippen molar-refractivity contribution in [1.29, 1.82) is 0 Å². The SMILES string of the molecule is C=C(Br)C(=O)OC(c1ccc(F)cc1)(C(F)(F)F)C(F)(F)F. The Kier molecular flexibility index (Phi) is 4.95. The van der Waals surface area contributed by atoms with Gasteiger partial charge in [0, 0.05) is 5.56 Å². The summed E-state index contributed by atoms with van der Waals surface area (Å²) >= 11 is 2.35. The van der Waals surface area contributed by atoms with Crippen LogP contribution in [0.1, 0.15) is 5.56 Å². The van der Waals surface area contributed by atoms with Crippen LogP contribution in [0.2, 0.25) is 0 Å². The minimum absolute atomic E-state index is 0.237. The van der Waals surface area contributed by atoms with E-state index in [9.17, 15) is 35.5 Å². The summed E-state index contributed by atoms with van der Waals surface area (Å²) in [6.07, 6.45) is -12.1. The minimum atomic E-state index is -6.04. The number of rotatable bonds is 3. The van der Waals surface area contributed by atoms with Gasteiger partial charge in [0.1, 0.15) is 5.82 Å². The van der Waals surface area contributed by atoms with Gasteiger partial charge >= 0.3 is 23.9 Å². The Morgan fingerprint density at radius 1 is 1.00 bits per heavy atom. The molecule has 0 aliphatic carbocycles. The van der Waals surface area contributed by atoms with Crippen LogP contribution in [-0.2, 0) is 15.1 Å². The highest BCUT2D eigenvalue weighted by Gasteiger charge is 2.75. The third kappa shape index (κ3) is 3.26. The van der Waals surface area contributed by atoms with E-state index in [4.69, 9.17) is 0 Å². The number of benzene rings is 1. The molecule has 0 radical (unpaired) electrons. The second kappa shape index (κ2) is 5.90. The van der Waals surface area contributed by atoms with Crippen LogP contribution in [0.4, 0.5) is 30.7 Å². The molecule has 1 aromatic rings. The molecule has 0 unspecified atom stereocenters. The minimum Gasteiger partial charge on any atom is -0.430 e. The van der Waals surface area contributed by atoms with Gasteiger partial charge in [-0.1, -0.05) is 18.7 Å². The van der Waals surface area contributed by atoms with Crippen LogP contribution < -0.4 is 0 Å². The largest absolute Gasteiger partial charge is 0.442 e. The summed E-state index contributed by atoms with van der Waals surface area (Å²) in [4.78, 5) is 11.2. The van der Waals surface area contributed by atoms with Crippen LogP contribution in [0.25, 0.3) is 0 Å². The molecule has 0 bridgehead atoms. The summed E-state index contributed by atoms with van der Waals surface area (Å²) in [6.45, 7) is 2.86. The average molecular weight is 395 g/mol. The van der Waals surface area contributed by atoms with Crippen molar-refractivity contribution in [3.8, 4) is 0 Å². The molecule has 0 saturated carbocycles. The highest BCUT2D eigenvalue weighted by atomic mass is 79.9. The highest BCUT2D eigenvalue weighted by Crippen LogP contribution is 2.53. The number of halogens is 8. The Hall–Kier alpha value is -1.58. The molecule has 0 aliphatic heterocycles. The maximum absolute atomic E-state index is 13.1. The molecule has 0 atom stereocenters. The molecule has 1 rings (SSSR count). The van der Waals surface area contributed by atoms with Gasteiger partial charge in [0.05, 0.1) is 4.48 Å². The molecule has 0 heterocycles. The summed E-state index contributed by atoms with van der Waals surface area (Å²) < 4.78 is 94.5. The fraction of sp³-hybridized carbons (Fsp3) is 0.250. The fourth-order valence-corrected chi connectivity index (χ4v) is 1.62. The second-order valence-electron chi connectivity index (χ2n) is 3.98. The first kappa shape index (κ1) is 18.5. The van der Waals surface area contributed by atoms with Crippen LogP contribution >= 0.6 is 15.9 Å². The maximum atomic E-state index is 13.1. The van der Waals surface area contributed by atoms with Crippen molar-refractivity contribution in [2.24, 2.45) is 0 Å². The zero-order valence-corrected chi connectivity index (χ0v) is 11.9. The lowest BCUT2D eigenvalue weighted by atomic mass is 9.91. The Morgan fingerprint density at radius 2 is 1.41 bits per heavy atom. The smallest absolute Gasteiger partial charge is 0.430 e. The first-order chi connectivity index (χ1) is 9.83. The third-order valence-corrected chi connectivity index (χ3v) is 2.84. The molecule has 122 valence electrons. The Balaban J connectivity index is 3.63. The lowest BCUT2D eigenvalue weighted by Gasteiger charge is -2.36. The topological polar surface area (TPSA) is 26.3 Å². The molecular weight excluding hydrogens is 389 g/mol. The molecule has 22 heavy (non-hydrogen) atoms. The molecular formula is C12H6BrF7O2. The van der Waals surface area contributed by atoms with Gasteiger partial charge in [0.25, 0.3) is 0 Å². The van der Waals surface area contributed by atoms with Crippen molar-refractivity contribution in [3.63, 3.8) is 0 Å². The van der Waals surface area contributed by atoms with Crippen molar-refractivity contribution >= 4 is 21.9 Å². The van der Waals surface area contributed by atoms with Gasteiger partial charge in [-0.25, -0.2) is 9.18 Å². The standard InChI is InChI=1S/C12H6BrF7O2/c1-6(13)9(21)22-10(11(15,16)17,12(18,19)20)7-2-4-8(14)5-3-7/h2-5H,1H2. The molecule has 2 nitrogen and oxygen atoms in total. The van der Waals surface area contributed by atoms with E-state index in [-0.39, 0.29) is 12.1 Å². The van der Waals surface area contributed by atoms with Crippen LogP contribution in [0.3, 0.4) is 0 Å². The maximum Gasteiger partial charge on any atom is 0.442 e. The summed E-state index contributed by atoms with van der Waals surface area (Å²) in [5.74, 6) is -3.02. The lowest BCUT2D eigenvalue weighted by Crippen LogP contribution is -2.56. The summed E-state index contributed by atoms with van der Waals surface area (Å²) in [5, 5.41) is 0. The Bertz CT molecular complexity index is 561. The quantitative estimate of drug-likeness (QED) is 0.425. The Labute approximate surface area is 127 Å². The van der Waals surface area contributed by atoms with Gasteiger partial charge in [-0.05, 0) is 28.1 Å². The predicted octanol–water partition coefficient (Wildman–Crippen LogP) is 4.60. The molecule has 0 aromatic heterocycles. The van der Waals surface area contributed by atoms with Gasteiger partial charge in [-0.3, -0.25) is 0 Å². The second-order valence-corrected chi connectivity index (χ2v) is 4.94. The van der Waals surface area contributed by atoms with Crippen molar-refractivity contribution in [2.45, 2.75) is 18.0 Å². The average Bonchev–Trinajstić information content (AvgIpc) is 2.33. The molecule has 0 saturated heterocycles. The van der Waals surface area contributed by atoms with Crippen molar-refractivity contribution < 1.29 is 40.3 Å². The molecule has 0 spiro atoms. The molecule has 0 amide bonds. The normalized spacial score (nSPS) is 12.9. The van der Waals surface area contributed by atoms with E-state index in [1.807, 2.05) is 0 Å². The predicted molar refractivity (Wildman–Crippen MR) is 64.3 cm³/mol. The van der Waals surface area contributed by atoms with E-state index in [0.29, 0.717) is 12.1 Å². The van der Waals surface area contributed by atoms with E-state index < -0.39 is 39.8 Å².